The molecule has 0 spiro atoms. The number of hydrogen-bond acceptors (Lipinski definition) is 5. The molecular formula is C21H15F3N4O4. The summed E-state index contributed by atoms with van der Waals surface area (Å²) in [4.78, 5) is 20.8. The zero-order valence-corrected chi connectivity index (χ0v) is 16.5. The van der Waals surface area contributed by atoms with Gasteiger partial charge in [0.2, 0.25) is 0 Å². The van der Waals surface area contributed by atoms with Crippen LogP contribution in [0.2, 0.25) is 0 Å². The highest BCUT2D eigenvalue weighted by molar-refractivity contribution is 6.09. The van der Waals surface area contributed by atoms with E-state index in [9.17, 15) is 33.4 Å². The van der Waals surface area contributed by atoms with E-state index in [1.54, 1.807) is 18.2 Å². The Morgan fingerprint density at radius 3 is 2.06 bits per heavy atom. The lowest BCUT2D eigenvalue weighted by molar-refractivity contribution is -0.392. The van der Waals surface area contributed by atoms with Gasteiger partial charge in [-0.15, -0.1) is 0 Å². The first-order chi connectivity index (χ1) is 15.1. The molecule has 0 fully saturated rings. The molecule has 4 aromatic rings. The van der Waals surface area contributed by atoms with Gasteiger partial charge >= 0.3 is 6.18 Å². The molecule has 0 atom stereocenters. The summed E-state index contributed by atoms with van der Waals surface area (Å²) in [6.45, 7) is 2.67. The first kappa shape index (κ1) is 21.1. The molecule has 32 heavy (non-hydrogen) atoms. The molecule has 0 aliphatic heterocycles. The predicted octanol–water partition coefficient (Wildman–Crippen LogP) is 6.39. The van der Waals surface area contributed by atoms with Gasteiger partial charge in [0, 0.05) is 46.2 Å². The lowest BCUT2D eigenvalue weighted by Gasteiger charge is -2.12. The first-order valence-electron chi connectivity index (χ1n) is 9.44. The summed E-state index contributed by atoms with van der Waals surface area (Å²) in [6, 6.07) is 13.1. The monoisotopic (exact) mass is 444 g/mol. The van der Waals surface area contributed by atoms with E-state index < -0.39 is 38.6 Å². The minimum atomic E-state index is -4.98. The molecule has 164 valence electrons. The molecule has 0 amide bonds. The van der Waals surface area contributed by atoms with Crippen LogP contribution in [0.15, 0.2) is 54.6 Å². The number of alkyl halides is 3. The minimum Gasteiger partial charge on any atom is -0.344 e. The molecule has 3 aromatic carbocycles. The zero-order valence-electron chi connectivity index (χ0n) is 16.5. The third-order valence-corrected chi connectivity index (χ3v) is 5.18. The Labute approximate surface area is 178 Å². The molecule has 0 aliphatic rings. The normalized spacial score (nSPS) is 11.8. The fourth-order valence-electron chi connectivity index (χ4n) is 3.81. The Balaban J connectivity index is 1.91. The van der Waals surface area contributed by atoms with Gasteiger partial charge in [-0.1, -0.05) is 18.2 Å². The fraction of sp³-hybridized carbons (Fsp3) is 0.143. The molecule has 0 saturated heterocycles. The second-order valence-corrected chi connectivity index (χ2v) is 7.02. The van der Waals surface area contributed by atoms with Crippen LogP contribution in [0, 0.1) is 20.2 Å². The Morgan fingerprint density at radius 1 is 0.906 bits per heavy atom. The number of aryl methyl sites for hydroxylation is 1. The SMILES string of the molecule is CCn1c2ccccc2c2cc(Nc3c([N+](=O)[O-])cc(C(F)(F)F)cc3[N+](=O)[O-])ccc21. The van der Waals surface area contributed by atoms with Gasteiger partial charge in [0.25, 0.3) is 11.4 Å². The van der Waals surface area contributed by atoms with Gasteiger partial charge < -0.3 is 9.88 Å². The summed E-state index contributed by atoms with van der Waals surface area (Å²) >= 11 is 0. The van der Waals surface area contributed by atoms with Crippen LogP contribution in [-0.4, -0.2) is 14.4 Å². The van der Waals surface area contributed by atoms with Crippen LogP contribution in [0.3, 0.4) is 0 Å². The number of nitrogens with zero attached hydrogens (tertiary/aromatic N) is 3. The lowest BCUT2D eigenvalue weighted by Crippen LogP contribution is -2.09. The van der Waals surface area contributed by atoms with Crippen LogP contribution in [0.4, 0.5) is 35.9 Å². The summed E-state index contributed by atoms with van der Waals surface area (Å²) in [7, 11) is 0. The van der Waals surface area contributed by atoms with Gasteiger partial charge in [0.1, 0.15) is 0 Å². The maximum absolute atomic E-state index is 13.1. The molecule has 0 bridgehead atoms. The maximum Gasteiger partial charge on any atom is 0.416 e. The highest BCUT2D eigenvalue weighted by Gasteiger charge is 2.37. The summed E-state index contributed by atoms with van der Waals surface area (Å²) in [6.07, 6.45) is -4.98. The van der Waals surface area contributed by atoms with Crippen molar-refractivity contribution in [3.05, 3.63) is 80.4 Å². The lowest BCUT2D eigenvalue weighted by atomic mass is 10.1. The predicted molar refractivity (Wildman–Crippen MR) is 113 cm³/mol. The highest BCUT2D eigenvalue weighted by atomic mass is 19.4. The van der Waals surface area contributed by atoms with E-state index in [-0.39, 0.29) is 17.8 Å². The number of nitro groups is 2. The van der Waals surface area contributed by atoms with Gasteiger partial charge in [-0.2, -0.15) is 13.2 Å². The number of nitrogens with one attached hydrogen (secondary N) is 1. The van der Waals surface area contributed by atoms with E-state index in [0.717, 1.165) is 21.8 Å². The number of hydrogen-bond donors (Lipinski definition) is 1. The van der Waals surface area contributed by atoms with Crippen molar-refractivity contribution >= 4 is 44.6 Å². The number of anilines is 2. The maximum atomic E-state index is 13.1. The average molecular weight is 444 g/mol. The second kappa shape index (κ2) is 7.52. The van der Waals surface area contributed by atoms with Gasteiger partial charge in [-0.05, 0) is 31.2 Å². The summed E-state index contributed by atoms with van der Waals surface area (Å²) in [5, 5.41) is 27.2. The third kappa shape index (κ3) is 3.47. The fourth-order valence-corrected chi connectivity index (χ4v) is 3.81. The number of nitro benzene ring substituents is 2. The van der Waals surface area contributed by atoms with Crippen molar-refractivity contribution in [2.75, 3.05) is 5.32 Å². The number of benzene rings is 3. The molecular weight excluding hydrogens is 429 g/mol. The first-order valence-corrected chi connectivity index (χ1v) is 9.44. The van der Waals surface area contributed by atoms with Gasteiger partial charge in [0.05, 0.1) is 15.4 Å². The van der Waals surface area contributed by atoms with Crippen LogP contribution in [-0.2, 0) is 12.7 Å². The molecule has 1 aromatic heterocycles. The van der Waals surface area contributed by atoms with Crippen LogP contribution in [0.5, 0.6) is 0 Å². The molecule has 0 saturated carbocycles. The Bertz CT molecular complexity index is 1360. The van der Waals surface area contributed by atoms with Crippen molar-refractivity contribution in [1.29, 1.82) is 0 Å². The van der Waals surface area contributed by atoms with E-state index in [2.05, 4.69) is 9.88 Å². The molecule has 1 N–H and O–H groups in total. The standard InChI is InChI=1S/C21H15F3N4O4/c1-2-26-16-6-4-3-5-14(16)15-11-13(7-8-17(15)26)25-20-18(27(29)30)9-12(21(22,23)24)10-19(20)28(31)32/h3-11,25H,2H2,1H3. The molecule has 0 unspecified atom stereocenters. The molecule has 4 rings (SSSR count). The van der Waals surface area contributed by atoms with E-state index in [0.29, 0.717) is 6.54 Å². The largest absolute Gasteiger partial charge is 0.416 e. The summed E-state index contributed by atoms with van der Waals surface area (Å²) in [5.41, 5.74) is -2.05. The number of aromatic nitrogens is 1. The molecule has 8 nitrogen and oxygen atoms in total. The minimum absolute atomic E-state index is 0.266. The van der Waals surface area contributed by atoms with Crippen molar-refractivity contribution in [3.8, 4) is 0 Å². The topological polar surface area (TPSA) is 103 Å². The Kier molecular flexibility index (Phi) is 4.96. The van der Waals surface area contributed by atoms with E-state index in [4.69, 9.17) is 0 Å². The van der Waals surface area contributed by atoms with Gasteiger partial charge in [-0.25, -0.2) is 0 Å². The molecule has 11 heteroatoms. The number of halogens is 3. The quantitative estimate of drug-likeness (QED) is 0.284. The number of para-hydroxylation sites is 1. The summed E-state index contributed by atoms with van der Waals surface area (Å²) in [5.74, 6) is 0. The second-order valence-electron chi connectivity index (χ2n) is 7.02. The molecule has 0 radical (unpaired) electrons. The third-order valence-electron chi connectivity index (χ3n) is 5.18. The van der Waals surface area contributed by atoms with Crippen LogP contribution >= 0.6 is 0 Å². The van der Waals surface area contributed by atoms with Gasteiger partial charge in [-0.3, -0.25) is 20.2 Å². The van der Waals surface area contributed by atoms with Crippen molar-refractivity contribution in [1.82, 2.24) is 4.57 Å². The van der Waals surface area contributed by atoms with Gasteiger partial charge in [0.15, 0.2) is 5.69 Å². The van der Waals surface area contributed by atoms with E-state index >= 15 is 0 Å². The highest BCUT2D eigenvalue weighted by Crippen LogP contribution is 2.43. The van der Waals surface area contributed by atoms with Crippen molar-refractivity contribution in [3.63, 3.8) is 0 Å². The van der Waals surface area contributed by atoms with Crippen LogP contribution < -0.4 is 5.32 Å². The van der Waals surface area contributed by atoms with Crippen molar-refractivity contribution < 1.29 is 23.0 Å². The Hall–Kier alpha value is -4.15. The van der Waals surface area contributed by atoms with Crippen molar-refractivity contribution in [2.45, 2.75) is 19.6 Å². The molecule has 1 heterocycles. The Morgan fingerprint density at radius 2 is 1.50 bits per heavy atom. The van der Waals surface area contributed by atoms with Crippen LogP contribution in [0.1, 0.15) is 12.5 Å². The van der Waals surface area contributed by atoms with Crippen LogP contribution in [0.25, 0.3) is 21.8 Å². The summed E-state index contributed by atoms with van der Waals surface area (Å²) < 4.78 is 41.4. The average Bonchev–Trinajstić information content (AvgIpc) is 3.05. The number of fused-ring (bicyclic) bond motifs is 3. The molecule has 0 aliphatic carbocycles. The van der Waals surface area contributed by atoms with Crippen molar-refractivity contribution in [2.24, 2.45) is 0 Å². The zero-order chi connectivity index (χ0) is 23.2. The van der Waals surface area contributed by atoms with E-state index in [1.165, 1.54) is 0 Å². The number of rotatable bonds is 5. The smallest absolute Gasteiger partial charge is 0.344 e. The van der Waals surface area contributed by atoms with E-state index in [1.807, 2.05) is 31.2 Å².